The third-order valence-corrected chi connectivity index (χ3v) is 3.27. The maximum atomic E-state index is 11.8. The first-order valence-electron chi connectivity index (χ1n) is 5.97. The van der Waals surface area contributed by atoms with Gasteiger partial charge in [0.25, 0.3) is 5.56 Å². The molecule has 1 unspecified atom stereocenters. The quantitative estimate of drug-likeness (QED) is 0.786. The number of hydrogen-bond acceptors (Lipinski definition) is 4. The third kappa shape index (κ3) is 4.07. The minimum atomic E-state index is -0.0425. The summed E-state index contributed by atoms with van der Waals surface area (Å²) in [5.41, 5.74) is 0.839. The van der Waals surface area contributed by atoms with Gasteiger partial charge in [0.2, 0.25) is 0 Å². The van der Waals surface area contributed by atoms with Crippen LogP contribution in [0.3, 0.4) is 0 Å². The molecule has 0 amide bonds. The van der Waals surface area contributed by atoms with E-state index in [4.69, 9.17) is 0 Å². The van der Waals surface area contributed by atoms with E-state index in [0.717, 1.165) is 24.4 Å². The molecule has 5 heteroatoms. The molecule has 0 aliphatic rings. The minimum absolute atomic E-state index is 0.0425. The number of rotatable bonds is 6. The lowest BCUT2D eigenvalue weighted by Crippen LogP contribution is -2.28. The predicted molar refractivity (Wildman–Crippen MR) is 75.1 cm³/mol. The Kier molecular flexibility index (Phi) is 5.55. The molecule has 1 atom stereocenters. The van der Waals surface area contributed by atoms with Crippen LogP contribution >= 0.6 is 12.6 Å². The fourth-order valence-electron chi connectivity index (χ4n) is 1.59. The van der Waals surface area contributed by atoms with E-state index in [9.17, 15) is 4.79 Å². The second-order valence-corrected chi connectivity index (χ2v) is 4.81. The van der Waals surface area contributed by atoms with E-state index < -0.39 is 0 Å². The molecule has 0 aromatic carbocycles. The fraction of sp³-hybridized carbons (Fsp3) is 0.667. The van der Waals surface area contributed by atoms with E-state index in [1.54, 1.807) is 12.3 Å². The molecule has 0 spiro atoms. The van der Waals surface area contributed by atoms with E-state index in [-0.39, 0.29) is 5.56 Å². The van der Waals surface area contributed by atoms with Crippen LogP contribution in [-0.4, -0.2) is 29.1 Å². The highest BCUT2D eigenvalue weighted by atomic mass is 32.1. The zero-order valence-corrected chi connectivity index (χ0v) is 11.7. The molecular formula is C12H21N3OS. The lowest BCUT2D eigenvalue weighted by atomic mass is 10.2. The van der Waals surface area contributed by atoms with E-state index in [1.165, 1.54) is 4.68 Å². The number of thiol groups is 1. The highest BCUT2D eigenvalue weighted by molar-refractivity contribution is 7.80. The van der Waals surface area contributed by atoms with Crippen LogP contribution in [0, 0.1) is 5.92 Å². The Morgan fingerprint density at radius 3 is 2.82 bits per heavy atom. The van der Waals surface area contributed by atoms with Crippen LogP contribution in [0.2, 0.25) is 0 Å². The maximum Gasteiger partial charge on any atom is 0.268 e. The van der Waals surface area contributed by atoms with Gasteiger partial charge in [-0.25, -0.2) is 4.68 Å². The highest BCUT2D eigenvalue weighted by Gasteiger charge is 2.06. The van der Waals surface area contributed by atoms with Crippen LogP contribution in [0.25, 0.3) is 0 Å². The Morgan fingerprint density at radius 1 is 1.59 bits per heavy atom. The second kappa shape index (κ2) is 6.69. The lowest BCUT2D eigenvalue weighted by Gasteiger charge is -2.18. The molecule has 1 aromatic heterocycles. The SMILES string of the molecule is CCCN(C)c1cnn(CC(C)CS)c(=O)c1. The molecule has 0 radical (unpaired) electrons. The molecule has 1 heterocycles. The molecular weight excluding hydrogens is 234 g/mol. The van der Waals surface area contributed by atoms with E-state index in [2.05, 4.69) is 31.6 Å². The monoisotopic (exact) mass is 255 g/mol. The van der Waals surface area contributed by atoms with Gasteiger partial charge in [0.15, 0.2) is 0 Å². The summed E-state index contributed by atoms with van der Waals surface area (Å²) < 4.78 is 1.50. The van der Waals surface area contributed by atoms with Crippen molar-refractivity contribution in [3.05, 3.63) is 22.6 Å². The van der Waals surface area contributed by atoms with E-state index in [1.807, 2.05) is 11.9 Å². The van der Waals surface area contributed by atoms with Crippen molar-refractivity contribution in [1.29, 1.82) is 0 Å². The number of hydrogen-bond donors (Lipinski definition) is 1. The van der Waals surface area contributed by atoms with Crippen LogP contribution in [0.1, 0.15) is 20.3 Å². The smallest absolute Gasteiger partial charge is 0.268 e. The predicted octanol–water partition coefficient (Wildman–Crippen LogP) is 1.66. The molecule has 0 saturated carbocycles. The third-order valence-electron chi connectivity index (χ3n) is 2.65. The first-order chi connectivity index (χ1) is 8.08. The molecule has 0 bridgehead atoms. The van der Waals surface area contributed by atoms with Gasteiger partial charge in [0.05, 0.1) is 11.9 Å². The van der Waals surface area contributed by atoms with Gasteiger partial charge in [-0.3, -0.25) is 4.79 Å². The molecule has 96 valence electrons. The zero-order valence-electron chi connectivity index (χ0n) is 10.8. The summed E-state index contributed by atoms with van der Waals surface area (Å²) in [5.74, 6) is 1.11. The molecule has 0 N–H and O–H groups in total. The van der Waals surface area contributed by atoms with Crippen molar-refractivity contribution in [2.45, 2.75) is 26.8 Å². The normalized spacial score (nSPS) is 12.5. The van der Waals surface area contributed by atoms with Crippen molar-refractivity contribution in [3.8, 4) is 0 Å². The first-order valence-corrected chi connectivity index (χ1v) is 6.60. The summed E-state index contributed by atoms with van der Waals surface area (Å²) in [6.45, 7) is 5.72. The van der Waals surface area contributed by atoms with Crippen molar-refractivity contribution in [3.63, 3.8) is 0 Å². The van der Waals surface area contributed by atoms with E-state index >= 15 is 0 Å². The molecule has 0 aliphatic heterocycles. The number of nitrogens with zero attached hydrogens (tertiary/aromatic N) is 3. The number of anilines is 1. The van der Waals surface area contributed by atoms with Crippen molar-refractivity contribution in [2.75, 3.05) is 24.2 Å². The molecule has 1 rings (SSSR count). The van der Waals surface area contributed by atoms with Crippen LogP contribution < -0.4 is 10.5 Å². The average molecular weight is 255 g/mol. The average Bonchev–Trinajstić information content (AvgIpc) is 2.31. The number of aromatic nitrogens is 2. The summed E-state index contributed by atoms with van der Waals surface area (Å²) in [4.78, 5) is 13.9. The second-order valence-electron chi connectivity index (χ2n) is 4.44. The van der Waals surface area contributed by atoms with Crippen LogP contribution in [0.4, 0.5) is 5.69 Å². The van der Waals surface area contributed by atoms with Gasteiger partial charge in [0.1, 0.15) is 0 Å². The summed E-state index contributed by atoms with van der Waals surface area (Å²) in [6, 6.07) is 1.65. The lowest BCUT2D eigenvalue weighted by molar-refractivity contribution is 0.469. The van der Waals surface area contributed by atoms with Gasteiger partial charge in [0, 0.05) is 26.2 Å². The first kappa shape index (κ1) is 14.1. The topological polar surface area (TPSA) is 38.1 Å². The van der Waals surface area contributed by atoms with Gasteiger partial charge < -0.3 is 4.90 Å². The van der Waals surface area contributed by atoms with Gasteiger partial charge >= 0.3 is 0 Å². The molecule has 1 aromatic rings. The van der Waals surface area contributed by atoms with E-state index in [0.29, 0.717) is 12.5 Å². The Hall–Kier alpha value is -0.970. The Labute approximate surface area is 108 Å². The summed E-state index contributed by atoms with van der Waals surface area (Å²) in [5, 5.41) is 4.20. The van der Waals surface area contributed by atoms with Crippen LogP contribution in [0.15, 0.2) is 17.1 Å². The Morgan fingerprint density at radius 2 is 2.29 bits per heavy atom. The fourth-order valence-corrected chi connectivity index (χ4v) is 1.70. The standard InChI is InChI=1S/C12H21N3OS/c1-4-5-14(3)11-6-12(16)15(13-7-11)8-10(2)9-17/h6-7,10,17H,4-5,8-9H2,1-3H3. The van der Waals surface area contributed by atoms with Crippen LogP contribution in [0.5, 0.6) is 0 Å². The van der Waals surface area contributed by atoms with Crippen molar-refractivity contribution >= 4 is 18.3 Å². The van der Waals surface area contributed by atoms with Crippen LogP contribution in [-0.2, 0) is 6.54 Å². The van der Waals surface area contributed by atoms with Crippen molar-refractivity contribution < 1.29 is 0 Å². The molecule has 0 fully saturated rings. The Balaban J connectivity index is 2.82. The molecule has 4 nitrogen and oxygen atoms in total. The minimum Gasteiger partial charge on any atom is -0.373 e. The van der Waals surface area contributed by atoms with Gasteiger partial charge in [-0.1, -0.05) is 13.8 Å². The summed E-state index contributed by atoms with van der Waals surface area (Å²) in [7, 11) is 1.97. The maximum absolute atomic E-state index is 11.8. The molecule has 0 saturated heterocycles. The zero-order chi connectivity index (χ0) is 12.8. The Bertz CT molecular complexity index is 405. The van der Waals surface area contributed by atoms with Gasteiger partial charge in [-0.15, -0.1) is 0 Å². The summed E-state index contributed by atoms with van der Waals surface area (Å²) >= 11 is 4.21. The molecule has 17 heavy (non-hydrogen) atoms. The summed E-state index contributed by atoms with van der Waals surface area (Å²) in [6.07, 6.45) is 2.80. The van der Waals surface area contributed by atoms with Crippen molar-refractivity contribution in [2.24, 2.45) is 5.92 Å². The molecule has 0 aliphatic carbocycles. The van der Waals surface area contributed by atoms with Gasteiger partial charge in [-0.2, -0.15) is 17.7 Å². The van der Waals surface area contributed by atoms with Crippen molar-refractivity contribution in [1.82, 2.24) is 9.78 Å². The largest absolute Gasteiger partial charge is 0.373 e. The highest BCUT2D eigenvalue weighted by Crippen LogP contribution is 2.08. The van der Waals surface area contributed by atoms with Gasteiger partial charge in [-0.05, 0) is 18.1 Å².